The third-order valence-corrected chi connectivity index (χ3v) is 7.85. The van der Waals surface area contributed by atoms with Gasteiger partial charge in [0.1, 0.15) is 57.5 Å². The van der Waals surface area contributed by atoms with Crippen molar-refractivity contribution in [2.45, 2.75) is 25.7 Å². The number of unbranched alkanes of at least 4 members (excludes halogenated alkanes) is 3. The van der Waals surface area contributed by atoms with Gasteiger partial charge < -0.3 is 68.7 Å². The van der Waals surface area contributed by atoms with E-state index in [0.29, 0.717) is 52.1 Å². The summed E-state index contributed by atoms with van der Waals surface area (Å²) in [6.45, 7) is 0.416. The normalized spacial score (nSPS) is 10.8. The van der Waals surface area contributed by atoms with Crippen LogP contribution in [0.4, 0.5) is 17.1 Å². The molecule has 2 aromatic carbocycles. The van der Waals surface area contributed by atoms with Gasteiger partial charge in [-0.05, 0) is 37.1 Å². The molecule has 5 N–H and O–H groups in total. The van der Waals surface area contributed by atoms with E-state index in [1.54, 1.807) is 12.1 Å². The van der Waals surface area contributed by atoms with Crippen LogP contribution in [0.15, 0.2) is 42.5 Å². The summed E-state index contributed by atoms with van der Waals surface area (Å²) in [6.07, 6.45) is 4.27. The zero-order chi connectivity index (χ0) is 42.4. The number of benzene rings is 2. The fourth-order valence-corrected chi connectivity index (χ4v) is 5.30. The third kappa shape index (κ3) is 22.7. The molecule has 0 aliphatic carbocycles. The van der Waals surface area contributed by atoms with E-state index >= 15 is 0 Å². The number of halogens is 1. The van der Waals surface area contributed by atoms with Crippen LogP contribution >= 0.6 is 11.6 Å². The third-order valence-electron chi connectivity index (χ3n) is 7.59. The van der Waals surface area contributed by atoms with Crippen LogP contribution < -0.4 is 24.6 Å². The molecule has 0 unspecified atom stereocenters. The first-order valence-electron chi connectivity index (χ1n) is 18.6. The monoisotopic (exact) mass is 843 g/mol. The smallest absolute Gasteiger partial charge is 0.323 e. The Morgan fingerprint density at radius 2 is 0.966 bits per heavy atom. The molecule has 0 saturated carbocycles. The second-order valence-electron chi connectivity index (χ2n) is 12.3. The van der Waals surface area contributed by atoms with Crippen LogP contribution in [0.1, 0.15) is 25.7 Å². The number of carbonyl (C=O) groups excluding carboxylic acids is 1. The minimum absolute atomic E-state index is 0.0211. The summed E-state index contributed by atoms with van der Waals surface area (Å²) in [5, 5.41) is 40.0. The van der Waals surface area contributed by atoms with Crippen LogP contribution in [0.3, 0.4) is 0 Å². The largest absolute Gasteiger partial charge is 0.488 e. The molecule has 0 bridgehead atoms. The first kappa shape index (κ1) is 49.2. The predicted octanol–water partition coefficient (Wildman–Crippen LogP) is 2.92. The molecule has 1 amide bonds. The molecule has 0 spiro atoms. The van der Waals surface area contributed by atoms with Crippen molar-refractivity contribution in [3.63, 3.8) is 0 Å². The Labute approximate surface area is 341 Å². The lowest BCUT2D eigenvalue weighted by Crippen LogP contribution is -2.35. The number of para-hydroxylation sites is 2. The van der Waals surface area contributed by atoms with E-state index in [0.717, 1.165) is 35.5 Å². The van der Waals surface area contributed by atoms with E-state index in [1.807, 2.05) is 0 Å². The minimum Gasteiger partial charge on any atom is -0.488 e. The number of ether oxygens (including phenoxy) is 7. The van der Waals surface area contributed by atoms with Crippen molar-refractivity contribution in [1.29, 1.82) is 0 Å². The van der Waals surface area contributed by atoms with Crippen molar-refractivity contribution in [2.75, 3.05) is 126 Å². The number of nitrogens with zero attached hydrogens (tertiary/aromatic N) is 2. The van der Waals surface area contributed by atoms with Gasteiger partial charge >= 0.3 is 23.9 Å². The highest BCUT2D eigenvalue weighted by atomic mass is 35.5. The van der Waals surface area contributed by atoms with Gasteiger partial charge in [-0.15, -0.1) is 11.6 Å². The Balaban J connectivity index is 1.83. The van der Waals surface area contributed by atoms with Crippen LogP contribution in [0.5, 0.6) is 11.5 Å². The highest BCUT2D eigenvalue weighted by Crippen LogP contribution is 2.32. The summed E-state index contributed by atoms with van der Waals surface area (Å²) >= 11 is 5.66. The van der Waals surface area contributed by atoms with Crippen LogP contribution in [0, 0.1) is 0 Å². The van der Waals surface area contributed by atoms with Crippen LogP contribution in [-0.4, -0.2) is 162 Å². The van der Waals surface area contributed by atoms with E-state index in [2.05, 4.69) is 5.32 Å². The molecule has 58 heavy (non-hydrogen) atoms. The second-order valence-corrected chi connectivity index (χ2v) is 12.7. The summed E-state index contributed by atoms with van der Waals surface area (Å²) in [5.74, 6) is -4.73. The summed E-state index contributed by atoms with van der Waals surface area (Å²) in [7, 11) is 0. The van der Waals surface area contributed by atoms with Crippen molar-refractivity contribution in [1.82, 2.24) is 0 Å². The summed E-state index contributed by atoms with van der Waals surface area (Å²) in [6, 6.07) is 10.4. The van der Waals surface area contributed by atoms with Gasteiger partial charge in [0.15, 0.2) is 0 Å². The lowest BCUT2D eigenvalue weighted by Gasteiger charge is -2.25. The molecule has 0 radical (unpaired) electrons. The molecule has 0 aromatic heterocycles. The Hall–Kier alpha value is -4.92. The molecular weight excluding hydrogens is 790 g/mol. The van der Waals surface area contributed by atoms with Gasteiger partial charge in [-0.1, -0.05) is 25.0 Å². The van der Waals surface area contributed by atoms with Gasteiger partial charge in [-0.3, -0.25) is 24.0 Å². The van der Waals surface area contributed by atoms with E-state index in [-0.39, 0.29) is 61.6 Å². The standard InChI is InChI=1S/C38H54ClN3O16/c39-11-5-1-2-6-12-52-13-14-53-15-16-54-17-18-55-19-20-56-28-34(43)40-29-9-10-31(42(26-37(48)49)27-38(50)51)33(23-29)58-22-21-57-32-8-4-3-7-30(32)41(24-35(44)45)25-36(46)47/h3-4,7-10,23H,1-2,5-6,11-22,24-28H2,(H,40,43)(H,44,45)(H,46,47)(H,48,49)(H,50,51). The molecule has 0 atom stereocenters. The number of carboxylic acid groups (broad SMARTS) is 4. The molecule has 19 nitrogen and oxygen atoms in total. The number of nitrogens with one attached hydrogen (secondary N) is 1. The summed E-state index contributed by atoms with van der Waals surface area (Å²) in [4.78, 5) is 60.7. The Kier molecular flexibility index (Phi) is 25.6. The molecule has 0 heterocycles. The van der Waals surface area contributed by atoms with E-state index in [1.165, 1.54) is 30.3 Å². The van der Waals surface area contributed by atoms with Crippen molar-refractivity contribution < 1.29 is 77.6 Å². The van der Waals surface area contributed by atoms with Gasteiger partial charge in [0.05, 0.1) is 64.2 Å². The lowest BCUT2D eigenvalue weighted by atomic mass is 10.2. The molecule has 0 aliphatic rings. The first-order chi connectivity index (χ1) is 28.0. The Morgan fingerprint density at radius 1 is 0.517 bits per heavy atom. The van der Waals surface area contributed by atoms with E-state index in [9.17, 15) is 44.4 Å². The zero-order valence-corrected chi connectivity index (χ0v) is 33.1. The number of amides is 1. The number of carboxylic acids is 4. The van der Waals surface area contributed by atoms with Crippen molar-refractivity contribution in [3.8, 4) is 11.5 Å². The van der Waals surface area contributed by atoms with Crippen LogP contribution in [-0.2, 0) is 47.7 Å². The van der Waals surface area contributed by atoms with Crippen LogP contribution in [0.25, 0.3) is 0 Å². The number of hydrogen-bond donors (Lipinski definition) is 5. The maximum Gasteiger partial charge on any atom is 0.323 e. The molecule has 324 valence electrons. The fourth-order valence-electron chi connectivity index (χ4n) is 5.11. The number of carbonyl (C=O) groups is 5. The number of anilines is 3. The molecule has 0 fully saturated rings. The Morgan fingerprint density at radius 3 is 1.48 bits per heavy atom. The second kappa shape index (κ2) is 30.2. The first-order valence-corrected chi connectivity index (χ1v) is 19.1. The molecular formula is C38H54ClN3O16. The number of hydrogen-bond acceptors (Lipinski definition) is 14. The van der Waals surface area contributed by atoms with Gasteiger partial charge in [-0.2, -0.15) is 0 Å². The summed E-state index contributed by atoms with van der Waals surface area (Å²) < 4.78 is 39.0. The molecule has 20 heteroatoms. The van der Waals surface area contributed by atoms with E-state index < -0.39 is 56.0 Å². The summed E-state index contributed by atoms with van der Waals surface area (Å²) in [5.41, 5.74) is 0.554. The lowest BCUT2D eigenvalue weighted by molar-refractivity contribution is -0.138. The number of rotatable bonds is 36. The average molecular weight is 844 g/mol. The maximum atomic E-state index is 12.6. The quantitative estimate of drug-likeness (QED) is 0.0489. The van der Waals surface area contributed by atoms with Gasteiger partial charge in [0.25, 0.3) is 0 Å². The van der Waals surface area contributed by atoms with Gasteiger partial charge in [0.2, 0.25) is 5.91 Å². The molecule has 2 aromatic rings. The highest BCUT2D eigenvalue weighted by Gasteiger charge is 2.21. The Bertz CT molecular complexity index is 1500. The molecule has 0 aliphatic heterocycles. The zero-order valence-electron chi connectivity index (χ0n) is 32.4. The van der Waals surface area contributed by atoms with Crippen molar-refractivity contribution >= 4 is 58.4 Å². The predicted molar refractivity (Wildman–Crippen MR) is 211 cm³/mol. The number of alkyl halides is 1. The van der Waals surface area contributed by atoms with E-state index in [4.69, 9.17) is 44.8 Å². The van der Waals surface area contributed by atoms with Gasteiger partial charge in [-0.25, -0.2) is 0 Å². The topological polar surface area (TPSA) is 249 Å². The number of aliphatic carboxylic acids is 4. The SMILES string of the molecule is O=C(O)CN(CC(=O)O)c1ccccc1OCCOc1cc(NC(=O)COCCOCCOCCOCCOCCCCCCCl)ccc1N(CC(=O)O)CC(=O)O. The fraction of sp³-hybridized carbons (Fsp3) is 0.553. The van der Waals surface area contributed by atoms with Crippen LogP contribution in [0.2, 0.25) is 0 Å². The molecule has 2 rings (SSSR count). The molecule has 0 saturated heterocycles. The minimum atomic E-state index is -1.30. The highest BCUT2D eigenvalue weighted by molar-refractivity contribution is 6.17. The maximum absolute atomic E-state index is 12.6. The van der Waals surface area contributed by atoms with Gasteiger partial charge in [0, 0.05) is 24.2 Å². The van der Waals surface area contributed by atoms with Crippen molar-refractivity contribution in [3.05, 3.63) is 42.5 Å². The average Bonchev–Trinajstić information content (AvgIpc) is 3.16. The van der Waals surface area contributed by atoms with Crippen molar-refractivity contribution in [2.24, 2.45) is 0 Å².